The molecule has 0 aromatic heterocycles. The number of amides is 3. The second kappa shape index (κ2) is 9.28. The maximum atomic E-state index is 12.8. The molecule has 3 aromatic rings. The number of hydrogen-bond donors (Lipinski definition) is 1. The molecule has 0 aliphatic carbocycles. The lowest BCUT2D eigenvalue weighted by Gasteiger charge is -2.14. The van der Waals surface area contributed by atoms with Crippen molar-refractivity contribution in [2.45, 2.75) is 20.0 Å². The molecule has 1 aliphatic rings. The van der Waals surface area contributed by atoms with Gasteiger partial charge in [0.05, 0.1) is 11.0 Å². The van der Waals surface area contributed by atoms with Crippen LogP contribution in [0.25, 0.3) is 16.8 Å². The number of rotatable bonds is 6. The van der Waals surface area contributed by atoms with E-state index >= 15 is 0 Å². The lowest BCUT2D eigenvalue weighted by molar-refractivity contribution is -0.127. The Morgan fingerprint density at radius 1 is 1.03 bits per heavy atom. The van der Waals surface area contributed by atoms with Crippen LogP contribution < -0.4 is 10.1 Å². The number of anilines is 1. The number of nitrogens with one attached hydrogen (secondary N) is 1. The Morgan fingerprint density at radius 3 is 2.56 bits per heavy atom. The number of hydrogen-bond acceptors (Lipinski definition) is 5. The number of carbonyl (C=O) groups excluding carboxylic acids is 3. The summed E-state index contributed by atoms with van der Waals surface area (Å²) >= 11 is 0.818. The van der Waals surface area contributed by atoms with E-state index in [0.29, 0.717) is 17.0 Å². The summed E-state index contributed by atoms with van der Waals surface area (Å²) in [6.45, 7) is 3.48. The van der Waals surface area contributed by atoms with Crippen LogP contribution in [0.3, 0.4) is 0 Å². The third-order valence-electron chi connectivity index (χ3n) is 4.81. The van der Waals surface area contributed by atoms with Gasteiger partial charge in [-0.15, -0.1) is 0 Å². The second-order valence-electron chi connectivity index (χ2n) is 7.55. The summed E-state index contributed by atoms with van der Waals surface area (Å²) in [7, 11) is 0. The van der Waals surface area contributed by atoms with E-state index in [-0.39, 0.29) is 17.6 Å². The average molecular weight is 447 g/mol. The first-order chi connectivity index (χ1) is 15.4. The van der Waals surface area contributed by atoms with Gasteiger partial charge in [-0.1, -0.05) is 54.6 Å². The van der Waals surface area contributed by atoms with Crippen LogP contribution in [0.2, 0.25) is 0 Å². The molecule has 0 radical (unpaired) electrons. The lowest BCUT2D eigenvalue weighted by atomic mass is 10.1. The van der Waals surface area contributed by atoms with Crippen LogP contribution in [-0.2, 0) is 9.59 Å². The van der Waals surface area contributed by atoms with Crippen molar-refractivity contribution in [3.8, 4) is 5.75 Å². The summed E-state index contributed by atoms with van der Waals surface area (Å²) in [4.78, 5) is 39.2. The molecule has 3 aromatic carbocycles. The quantitative estimate of drug-likeness (QED) is 0.520. The van der Waals surface area contributed by atoms with Crippen molar-refractivity contribution in [1.29, 1.82) is 0 Å². The summed E-state index contributed by atoms with van der Waals surface area (Å²) in [5.74, 6) is -0.302. The average Bonchev–Trinajstić information content (AvgIpc) is 3.02. The van der Waals surface area contributed by atoms with Gasteiger partial charge in [0.15, 0.2) is 0 Å². The topological polar surface area (TPSA) is 75.7 Å². The van der Waals surface area contributed by atoms with E-state index in [1.165, 1.54) is 0 Å². The molecule has 0 atom stereocenters. The number of imide groups is 1. The first-order valence-corrected chi connectivity index (χ1v) is 11.0. The van der Waals surface area contributed by atoms with Gasteiger partial charge in [-0.2, -0.15) is 0 Å². The monoisotopic (exact) mass is 446 g/mol. The number of nitrogens with zero attached hydrogens (tertiary/aromatic N) is 1. The van der Waals surface area contributed by atoms with Crippen molar-refractivity contribution in [3.05, 3.63) is 77.2 Å². The molecule has 1 saturated heterocycles. The normalized spacial score (nSPS) is 15.1. The zero-order valence-electron chi connectivity index (χ0n) is 17.7. The molecule has 7 heteroatoms. The molecule has 1 aliphatic heterocycles. The molecule has 0 spiro atoms. The molecule has 32 heavy (non-hydrogen) atoms. The van der Waals surface area contributed by atoms with Crippen molar-refractivity contribution in [1.82, 2.24) is 4.90 Å². The fraction of sp³-hybridized carbons (Fsp3) is 0.160. The van der Waals surface area contributed by atoms with E-state index in [2.05, 4.69) is 5.32 Å². The van der Waals surface area contributed by atoms with Crippen molar-refractivity contribution in [3.63, 3.8) is 0 Å². The summed E-state index contributed by atoms with van der Waals surface area (Å²) in [5, 5.41) is 4.21. The Hall–Kier alpha value is -3.58. The Labute approximate surface area is 190 Å². The van der Waals surface area contributed by atoms with Gasteiger partial charge in [-0.05, 0) is 49.2 Å². The molecule has 3 amide bonds. The molecule has 1 heterocycles. The van der Waals surface area contributed by atoms with Gasteiger partial charge in [0.25, 0.3) is 11.1 Å². The first kappa shape index (κ1) is 21.6. The summed E-state index contributed by atoms with van der Waals surface area (Å²) in [6, 6.07) is 20.6. The van der Waals surface area contributed by atoms with E-state index < -0.39 is 17.1 Å². The molecule has 0 saturated carbocycles. The molecule has 4 rings (SSSR count). The molecule has 1 fully saturated rings. The Bertz CT molecular complexity index is 1230. The van der Waals surface area contributed by atoms with Gasteiger partial charge in [-0.25, -0.2) is 0 Å². The SMILES string of the molecule is CC(C)Oc1ccccc1/C=C1\SC(=O)N(CC(=O)Nc2cccc3ccccc23)C1=O. The van der Waals surface area contributed by atoms with E-state index in [9.17, 15) is 14.4 Å². The Balaban J connectivity index is 1.50. The molecular weight excluding hydrogens is 424 g/mol. The Kier molecular flexibility index (Phi) is 6.28. The molecule has 0 bridgehead atoms. The predicted octanol–water partition coefficient (Wildman–Crippen LogP) is 5.30. The number of ether oxygens (including phenoxy) is 1. The number of para-hydroxylation sites is 1. The molecular formula is C25H22N2O4S. The molecule has 162 valence electrons. The van der Waals surface area contributed by atoms with Crippen LogP contribution in [0.1, 0.15) is 19.4 Å². The van der Waals surface area contributed by atoms with E-state index in [4.69, 9.17) is 4.74 Å². The van der Waals surface area contributed by atoms with Crippen molar-refractivity contribution in [2.24, 2.45) is 0 Å². The fourth-order valence-electron chi connectivity index (χ4n) is 3.41. The molecule has 6 nitrogen and oxygen atoms in total. The van der Waals surface area contributed by atoms with E-state index in [1.54, 1.807) is 12.1 Å². The van der Waals surface area contributed by atoms with Crippen molar-refractivity contribution >= 4 is 51.4 Å². The van der Waals surface area contributed by atoms with Crippen LogP contribution in [0.4, 0.5) is 10.5 Å². The predicted molar refractivity (Wildman–Crippen MR) is 127 cm³/mol. The third-order valence-corrected chi connectivity index (χ3v) is 5.71. The number of thioether (sulfide) groups is 1. The highest BCUT2D eigenvalue weighted by Crippen LogP contribution is 2.34. The Morgan fingerprint density at radius 2 is 1.75 bits per heavy atom. The first-order valence-electron chi connectivity index (χ1n) is 10.2. The summed E-state index contributed by atoms with van der Waals surface area (Å²) in [6.07, 6.45) is 1.60. The number of carbonyl (C=O) groups is 3. The van der Waals surface area contributed by atoms with Crippen LogP contribution in [0.5, 0.6) is 5.75 Å². The van der Waals surface area contributed by atoms with E-state index in [0.717, 1.165) is 27.4 Å². The minimum absolute atomic E-state index is 0.0302. The van der Waals surface area contributed by atoms with Gasteiger partial charge in [0.1, 0.15) is 12.3 Å². The molecule has 1 N–H and O–H groups in total. The van der Waals surface area contributed by atoms with Gasteiger partial charge < -0.3 is 10.1 Å². The standard InChI is InChI=1S/C25H22N2O4S/c1-16(2)31-21-13-6-4-9-18(21)14-22-24(29)27(25(30)32-22)15-23(28)26-20-12-7-10-17-8-3-5-11-19(17)20/h3-14,16H,15H2,1-2H3,(H,26,28)/b22-14-. The summed E-state index contributed by atoms with van der Waals surface area (Å²) in [5.41, 5.74) is 1.34. The minimum Gasteiger partial charge on any atom is -0.490 e. The molecule has 0 unspecified atom stereocenters. The maximum absolute atomic E-state index is 12.8. The van der Waals surface area contributed by atoms with E-state index in [1.807, 2.05) is 74.5 Å². The zero-order valence-corrected chi connectivity index (χ0v) is 18.5. The third kappa shape index (κ3) is 4.68. The van der Waals surface area contributed by atoms with Crippen LogP contribution in [0, 0.1) is 0 Å². The largest absolute Gasteiger partial charge is 0.490 e. The van der Waals surface area contributed by atoms with Crippen molar-refractivity contribution < 1.29 is 19.1 Å². The van der Waals surface area contributed by atoms with Gasteiger partial charge in [0.2, 0.25) is 5.91 Å². The fourth-order valence-corrected chi connectivity index (χ4v) is 4.24. The highest BCUT2D eigenvalue weighted by Gasteiger charge is 2.36. The highest BCUT2D eigenvalue weighted by atomic mass is 32.2. The minimum atomic E-state index is -0.493. The maximum Gasteiger partial charge on any atom is 0.294 e. The van der Waals surface area contributed by atoms with Crippen LogP contribution >= 0.6 is 11.8 Å². The van der Waals surface area contributed by atoms with Crippen LogP contribution in [0.15, 0.2) is 71.6 Å². The van der Waals surface area contributed by atoms with Gasteiger partial charge in [-0.3, -0.25) is 19.3 Å². The van der Waals surface area contributed by atoms with Gasteiger partial charge in [0, 0.05) is 16.6 Å². The van der Waals surface area contributed by atoms with Crippen molar-refractivity contribution in [2.75, 3.05) is 11.9 Å². The number of fused-ring (bicyclic) bond motifs is 1. The summed E-state index contributed by atoms with van der Waals surface area (Å²) < 4.78 is 5.78. The highest BCUT2D eigenvalue weighted by molar-refractivity contribution is 8.18. The van der Waals surface area contributed by atoms with Gasteiger partial charge >= 0.3 is 0 Å². The lowest BCUT2D eigenvalue weighted by Crippen LogP contribution is -2.36. The second-order valence-corrected chi connectivity index (χ2v) is 8.54. The van der Waals surface area contributed by atoms with Crippen LogP contribution in [-0.4, -0.2) is 34.6 Å². The smallest absolute Gasteiger partial charge is 0.294 e. The zero-order chi connectivity index (χ0) is 22.7. The number of benzene rings is 3.